The van der Waals surface area contributed by atoms with Crippen molar-refractivity contribution < 1.29 is 19.1 Å². The molecule has 1 aromatic heterocycles. The fourth-order valence-corrected chi connectivity index (χ4v) is 4.93. The van der Waals surface area contributed by atoms with Crippen LogP contribution in [-0.2, 0) is 9.59 Å². The number of hydrogen-bond acceptors (Lipinski definition) is 6. The molecule has 2 N–H and O–H groups in total. The molecule has 2 aliphatic rings. The predicted octanol–water partition coefficient (Wildman–Crippen LogP) is 4.49. The number of benzene rings is 2. The van der Waals surface area contributed by atoms with Crippen LogP contribution < -0.4 is 14.8 Å². The molecule has 8 heteroatoms. The van der Waals surface area contributed by atoms with Crippen molar-refractivity contribution in [2.45, 2.75) is 44.6 Å². The number of methoxy groups -OCH3 is 2. The summed E-state index contributed by atoms with van der Waals surface area (Å²) in [6.07, 6.45) is 7.73. The predicted molar refractivity (Wildman–Crippen MR) is 130 cm³/mol. The van der Waals surface area contributed by atoms with Crippen LogP contribution in [0.1, 0.15) is 44.1 Å². The number of nitrogens with zero attached hydrogens (tertiary/aromatic N) is 2. The fraction of sp³-hybridized carbons (Fsp3) is 0.346. The van der Waals surface area contributed by atoms with Crippen LogP contribution >= 0.6 is 0 Å². The summed E-state index contributed by atoms with van der Waals surface area (Å²) in [6.45, 7) is 0. The first kappa shape index (κ1) is 22.0. The van der Waals surface area contributed by atoms with Gasteiger partial charge in [0.1, 0.15) is 5.70 Å². The maximum atomic E-state index is 13.8. The number of carbonyl (C=O) groups is 2. The van der Waals surface area contributed by atoms with Gasteiger partial charge in [0.05, 0.1) is 31.5 Å². The molecule has 0 unspecified atom stereocenters. The third-order valence-electron chi connectivity index (χ3n) is 6.69. The third kappa shape index (κ3) is 3.89. The molecule has 2 amide bonds. The van der Waals surface area contributed by atoms with Crippen molar-refractivity contribution in [2.24, 2.45) is 0 Å². The molecule has 0 radical (unpaired) electrons. The largest absolute Gasteiger partial charge is 0.493 e. The van der Waals surface area contributed by atoms with Gasteiger partial charge in [0, 0.05) is 17.1 Å². The molecule has 5 rings (SSSR count). The maximum absolute atomic E-state index is 13.8. The minimum atomic E-state index is -0.286. The van der Waals surface area contributed by atoms with Crippen LogP contribution in [0.15, 0.2) is 48.3 Å². The Morgan fingerprint density at radius 1 is 0.941 bits per heavy atom. The summed E-state index contributed by atoms with van der Waals surface area (Å²) in [5, 5.41) is 11.2. The van der Waals surface area contributed by atoms with E-state index in [-0.39, 0.29) is 23.6 Å². The molecule has 34 heavy (non-hydrogen) atoms. The van der Waals surface area contributed by atoms with Crippen molar-refractivity contribution in [3.8, 4) is 11.5 Å². The van der Waals surface area contributed by atoms with Crippen LogP contribution in [0.3, 0.4) is 0 Å². The minimum absolute atomic E-state index is 0.0907. The number of carbonyl (C=O) groups excluding carboxylic acids is 2. The fourth-order valence-electron chi connectivity index (χ4n) is 4.93. The molecule has 0 saturated heterocycles. The van der Waals surface area contributed by atoms with Gasteiger partial charge < -0.3 is 14.8 Å². The van der Waals surface area contributed by atoms with E-state index in [1.54, 1.807) is 38.6 Å². The van der Waals surface area contributed by atoms with Crippen LogP contribution in [0, 0.1) is 0 Å². The first-order valence-electron chi connectivity index (χ1n) is 11.7. The Morgan fingerprint density at radius 2 is 1.71 bits per heavy atom. The Bertz CT molecular complexity index is 1270. The van der Waals surface area contributed by atoms with Gasteiger partial charge >= 0.3 is 0 Å². The SMILES string of the molecule is COc1ccc(C2=C(Nc3ccc4cn[nH]c4c3)C(=O)N(C3CCCCCC3)C2=O)cc1OC. The molecule has 2 heterocycles. The van der Waals surface area contributed by atoms with Gasteiger partial charge in [-0.05, 0) is 48.7 Å². The molecule has 176 valence electrons. The van der Waals surface area contributed by atoms with E-state index in [2.05, 4.69) is 15.5 Å². The molecule has 8 nitrogen and oxygen atoms in total. The number of imide groups is 1. The van der Waals surface area contributed by atoms with E-state index in [1.165, 1.54) is 4.90 Å². The molecular weight excluding hydrogens is 432 g/mol. The standard InChI is InChI=1S/C26H28N4O4/c1-33-21-12-10-16(13-22(21)34-2)23-24(28-18-11-9-17-15-27-29-20(17)14-18)26(32)30(25(23)31)19-7-5-3-4-6-8-19/h9-15,19,28H,3-8H2,1-2H3,(H,27,29). The molecule has 3 aromatic rings. The first-order chi connectivity index (χ1) is 16.6. The quantitative estimate of drug-likeness (QED) is 0.415. The van der Waals surface area contributed by atoms with Crippen molar-refractivity contribution >= 4 is 34.0 Å². The monoisotopic (exact) mass is 460 g/mol. The van der Waals surface area contributed by atoms with Crippen molar-refractivity contribution in [3.05, 3.63) is 53.9 Å². The van der Waals surface area contributed by atoms with E-state index in [0.717, 1.165) is 49.4 Å². The zero-order chi connectivity index (χ0) is 23.7. The normalized spacial score (nSPS) is 17.4. The number of hydrogen-bond donors (Lipinski definition) is 2. The summed E-state index contributed by atoms with van der Waals surface area (Å²) >= 11 is 0. The number of amides is 2. The zero-order valence-electron chi connectivity index (χ0n) is 19.4. The lowest BCUT2D eigenvalue weighted by Gasteiger charge is -2.25. The highest BCUT2D eigenvalue weighted by molar-refractivity contribution is 6.36. The van der Waals surface area contributed by atoms with E-state index in [0.29, 0.717) is 28.3 Å². The molecule has 1 aliphatic carbocycles. The summed E-state index contributed by atoms with van der Waals surface area (Å²) in [5.74, 6) is 0.503. The van der Waals surface area contributed by atoms with Gasteiger partial charge in [-0.1, -0.05) is 31.7 Å². The van der Waals surface area contributed by atoms with E-state index in [9.17, 15) is 9.59 Å². The topological polar surface area (TPSA) is 96.5 Å². The Labute approximate surface area is 197 Å². The van der Waals surface area contributed by atoms with Crippen LogP contribution in [0.2, 0.25) is 0 Å². The molecule has 1 fully saturated rings. The van der Waals surface area contributed by atoms with Crippen LogP contribution in [0.25, 0.3) is 16.5 Å². The Morgan fingerprint density at radius 3 is 2.44 bits per heavy atom. The number of aromatic nitrogens is 2. The second-order valence-corrected chi connectivity index (χ2v) is 8.74. The summed E-state index contributed by atoms with van der Waals surface area (Å²) in [4.78, 5) is 29.0. The van der Waals surface area contributed by atoms with Crippen LogP contribution in [0.4, 0.5) is 5.69 Å². The average molecular weight is 461 g/mol. The van der Waals surface area contributed by atoms with Gasteiger partial charge in [0.2, 0.25) is 0 Å². The second kappa shape index (κ2) is 9.21. The Kier molecular flexibility index (Phi) is 5.96. The summed E-state index contributed by atoms with van der Waals surface area (Å²) in [7, 11) is 3.11. The van der Waals surface area contributed by atoms with Crippen LogP contribution in [-0.4, -0.2) is 47.2 Å². The second-order valence-electron chi connectivity index (χ2n) is 8.74. The Hall–Kier alpha value is -3.81. The van der Waals surface area contributed by atoms with Gasteiger partial charge in [-0.25, -0.2) is 0 Å². The summed E-state index contributed by atoms with van der Waals surface area (Å²) in [6, 6.07) is 10.9. The number of fused-ring (bicyclic) bond motifs is 1. The molecule has 2 aromatic carbocycles. The minimum Gasteiger partial charge on any atom is -0.493 e. The lowest BCUT2D eigenvalue weighted by molar-refractivity contribution is -0.139. The highest BCUT2D eigenvalue weighted by Gasteiger charge is 2.43. The summed E-state index contributed by atoms with van der Waals surface area (Å²) < 4.78 is 10.8. The molecule has 0 spiro atoms. The Balaban J connectivity index is 1.58. The van der Waals surface area contributed by atoms with Gasteiger partial charge in [-0.3, -0.25) is 19.6 Å². The molecule has 0 atom stereocenters. The van der Waals surface area contributed by atoms with E-state index < -0.39 is 0 Å². The van der Waals surface area contributed by atoms with Crippen molar-refractivity contribution in [3.63, 3.8) is 0 Å². The third-order valence-corrected chi connectivity index (χ3v) is 6.69. The molecule has 1 aliphatic heterocycles. The smallest absolute Gasteiger partial charge is 0.278 e. The highest BCUT2D eigenvalue weighted by atomic mass is 16.5. The van der Waals surface area contributed by atoms with Crippen molar-refractivity contribution in [1.29, 1.82) is 0 Å². The number of H-pyrrole nitrogens is 1. The van der Waals surface area contributed by atoms with E-state index >= 15 is 0 Å². The number of ether oxygens (including phenoxy) is 2. The lowest BCUT2D eigenvalue weighted by Crippen LogP contribution is -2.41. The average Bonchev–Trinajstić information content (AvgIpc) is 3.29. The van der Waals surface area contributed by atoms with Crippen molar-refractivity contribution in [2.75, 3.05) is 19.5 Å². The lowest BCUT2D eigenvalue weighted by atomic mass is 10.0. The molecule has 1 saturated carbocycles. The molecule has 0 bridgehead atoms. The maximum Gasteiger partial charge on any atom is 0.278 e. The number of nitrogens with one attached hydrogen (secondary N) is 2. The van der Waals surface area contributed by atoms with E-state index in [1.807, 2.05) is 18.2 Å². The van der Waals surface area contributed by atoms with Gasteiger partial charge in [-0.2, -0.15) is 5.10 Å². The molecular formula is C26H28N4O4. The zero-order valence-corrected chi connectivity index (χ0v) is 19.4. The highest BCUT2D eigenvalue weighted by Crippen LogP contribution is 2.38. The number of rotatable bonds is 6. The first-order valence-corrected chi connectivity index (χ1v) is 11.7. The van der Waals surface area contributed by atoms with Crippen molar-refractivity contribution in [1.82, 2.24) is 15.1 Å². The number of anilines is 1. The van der Waals surface area contributed by atoms with Crippen LogP contribution in [0.5, 0.6) is 11.5 Å². The van der Waals surface area contributed by atoms with Gasteiger partial charge in [0.25, 0.3) is 11.8 Å². The summed E-state index contributed by atoms with van der Waals surface area (Å²) in [5.41, 5.74) is 2.78. The van der Waals surface area contributed by atoms with Gasteiger partial charge in [0.15, 0.2) is 11.5 Å². The van der Waals surface area contributed by atoms with Gasteiger partial charge in [-0.15, -0.1) is 0 Å². The van der Waals surface area contributed by atoms with E-state index in [4.69, 9.17) is 9.47 Å². The number of aromatic amines is 1.